The van der Waals surface area contributed by atoms with Crippen molar-refractivity contribution in [2.45, 2.75) is 0 Å². The van der Waals surface area contributed by atoms with Crippen molar-refractivity contribution in [2.24, 2.45) is 0 Å². The van der Waals surface area contributed by atoms with Gasteiger partial charge in [-0.05, 0) is 36.4 Å². The molecule has 3 heterocycles. The van der Waals surface area contributed by atoms with Crippen LogP contribution in [-0.4, -0.2) is 60.7 Å². The number of piperazine rings is 1. The van der Waals surface area contributed by atoms with Crippen LogP contribution in [0.5, 0.6) is 11.5 Å². The van der Waals surface area contributed by atoms with E-state index in [9.17, 15) is 9.18 Å². The molecule has 0 radical (unpaired) electrons. The van der Waals surface area contributed by atoms with Gasteiger partial charge in [-0.15, -0.1) is 0 Å². The zero-order valence-electron chi connectivity index (χ0n) is 18.4. The van der Waals surface area contributed by atoms with Crippen molar-refractivity contribution in [3.05, 3.63) is 60.5 Å². The van der Waals surface area contributed by atoms with Crippen LogP contribution in [0.25, 0.3) is 16.6 Å². The molecule has 0 atom stereocenters. The molecule has 0 bridgehead atoms. The quantitative estimate of drug-likeness (QED) is 0.510. The highest BCUT2D eigenvalue weighted by Gasteiger charge is 2.24. The summed E-state index contributed by atoms with van der Waals surface area (Å²) in [5.74, 6) is 1.66. The topological polar surface area (TPSA) is 71.3 Å². The van der Waals surface area contributed by atoms with Crippen LogP contribution >= 0.6 is 0 Å². The van der Waals surface area contributed by atoms with Gasteiger partial charge in [-0.3, -0.25) is 0 Å². The molecule has 1 aliphatic heterocycles. The number of halogens is 1. The number of aromatic nitrogens is 2. The first-order chi connectivity index (χ1) is 16.1. The van der Waals surface area contributed by atoms with E-state index in [2.05, 4.69) is 10.2 Å². The fourth-order valence-electron chi connectivity index (χ4n) is 4.19. The second-order valence-corrected chi connectivity index (χ2v) is 7.80. The number of fused-ring (bicyclic) bond motifs is 3. The summed E-state index contributed by atoms with van der Waals surface area (Å²) in [7, 11) is 3.13. The van der Waals surface area contributed by atoms with E-state index in [0.717, 1.165) is 16.9 Å². The number of carbonyl (C=O) groups is 1. The summed E-state index contributed by atoms with van der Waals surface area (Å²) in [5, 5.41) is 2.92. The lowest BCUT2D eigenvalue weighted by molar-refractivity contribution is 0.208. The monoisotopic (exact) mass is 449 g/mol. The van der Waals surface area contributed by atoms with Crippen molar-refractivity contribution >= 4 is 34.1 Å². The normalized spacial score (nSPS) is 14.0. The van der Waals surface area contributed by atoms with Gasteiger partial charge in [0.2, 0.25) is 0 Å². The summed E-state index contributed by atoms with van der Waals surface area (Å²) < 4.78 is 26.4. The number of benzene rings is 2. The summed E-state index contributed by atoms with van der Waals surface area (Å²) in [6, 6.07) is 13.6. The van der Waals surface area contributed by atoms with Crippen LogP contribution in [0.3, 0.4) is 0 Å². The molecule has 0 saturated carbocycles. The van der Waals surface area contributed by atoms with E-state index in [1.165, 1.54) is 12.1 Å². The zero-order chi connectivity index (χ0) is 22.9. The van der Waals surface area contributed by atoms with E-state index in [1.807, 2.05) is 22.7 Å². The van der Waals surface area contributed by atoms with E-state index in [-0.39, 0.29) is 11.8 Å². The van der Waals surface area contributed by atoms with Crippen LogP contribution in [0.4, 0.5) is 20.7 Å². The maximum absolute atomic E-state index is 13.8. The zero-order valence-corrected chi connectivity index (χ0v) is 18.4. The minimum absolute atomic E-state index is 0.206. The summed E-state index contributed by atoms with van der Waals surface area (Å²) in [5.41, 5.74) is 2.95. The van der Waals surface area contributed by atoms with Gasteiger partial charge in [0.25, 0.3) is 0 Å². The summed E-state index contributed by atoms with van der Waals surface area (Å²) in [4.78, 5) is 21.5. The fourth-order valence-corrected chi connectivity index (χ4v) is 4.19. The van der Waals surface area contributed by atoms with Crippen molar-refractivity contribution < 1.29 is 18.7 Å². The van der Waals surface area contributed by atoms with Crippen molar-refractivity contribution in [3.63, 3.8) is 0 Å². The standard InChI is InChI=1S/C24H24FN5O3/c1-32-17-6-8-22(33-2)19(15-17)27-24(31)29-12-10-28(11-13-29)23-21-4-3-9-30(21)20-7-5-16(25)14-18(20)26-23/h3-9,14-15H,10-13H2,1-2H3,(H,27,31). The Hall–Kier alpha value is -4.01. The van der Waals surface area contributed by atoms with Crippen molar-refractivity contribution in [2.75, 3.05) is 50.6 Å². The molecule has 0 spiro atoms. The molecular weight excluding hydrogens is 425 g/mol. The minimum Gasteiger partial charge on any atom is -0.497 e. The Labute approximate surface area is 190 Å². The van der Waals surface area contributed by atoms with Crippen molar-refractivity contribution in [1.29, 1.82) is 0 Å². The van der Waals surface area contributed by atoms with Crippen molar-refractivity contribution in [3.8, 4) is 11.5 Å². The van der Waals surface area contributed by atoms with Crippen LogP contribution in [0.1, 0.15) is 0 Å². The Morgan fingerprint density at radius 2 is 1.82 bits per heavy atom. The first kappa shape index (κ1) is 20.9. The van der Waals surface area contributed by atoms with Crippen LogP contribution in [-0.2, 0) is 0 Å². The summed E-state index contributed by atoms with van der Waals surface area (Å²) >= 11 is 0. The molecule has 8 nitrogen and oxygen atoms in total. The third-order valence-electron chi connectivity index (χ3n) is 5.92. The highest BCUT2D eigenvalue weighted by atomic mass is 19.1. The van der Waals surface area contributed by atoms with Crippen LogP contribution < -0.4 is 19.7 Å². The number of hydrogen-bond donors (Lipinski definition) is 1. The Morgan fingerprint density at radius 1 is 1.00 bits per heavy atom. The number of hydrogen-bond acceptors (Lipinski definition) is 5. The maximum Gasteiger partial charge on any atom is 0.322 e. The molecule has 2 aromatic carbocycles. The number of urea groups is 1. The molecule has 1 N–H and O–H groups in total. The molecule has 2 aromatic heterocycles. The molecule has 5 rings (SSSR count). The smallest absolute Gasteiger partial charge is 0.322 e. The number of rotatable bonds is 4. The molecule has 1 aliphatic rings. The van der Waals surface area contributed by atoms with Crippen LogP contribution in [0.2, 0.25) is 0 Å². The molecule has 170 valence electrons. The lowest BCUT2D eigenvalue weighted by Gasteiger charge is -2.35. The molecule has 9 heteroatoms. The van der Waals surface area contributed by atoms with Crippen LogP contribution in [0.15, 0.2) is 54.7 Å². The number of ether oxygens (including phenoxy) is 2. The van der Waals surface area contributed by atoms with Gasteiger partial charge in [0.15, 0.2) is 5.82 Å². The average Bonchev–Trinajstić information content (AvgIpc) is 3.33. The van der Waals surface area contributed by atoms with Gasteiger partial charge in [0.1, 0.15) is 17.3 Å². The third kappa shape index (κ3) is 3.86. The number of methoxy groups -OCH3 is 2. The summed E-state index contributed by atoms with van der Waals surface area (Å²) in [6.45, 7) is 2.26. The van der Waals surface area contributed by atoms with E-state index in [4.69, 9.17) is 14.5 Å². The molecule has 0 aliphatic carbocycles. The molecular formula is C24H24FN5O3. The van der Waals surface area contributed by atoms with Gasteiger partial charge in [-0.1, -0.05) is 0 Å². The third-order valence-corrected chi connectivity index (χ3v) is 5.92. The number of anilines is 2. The molecule has 4 aromatic rings. The van der Waals surface area contributed by atoms with Gasteiger partial charge in [-0.2, -0.15) is 0 Å². The van der Waals surface area contributed by atoms with Crippen molar-refractivity contribution in [1.82, 2.24) is 14.3 Å². The van der Waals surface area contributed by atoms with E-state index in [1.54, 1.807) is 43.4 Å². The number of amides is 2. The van der Waals surface area contributed by atoms with Gasteiger partial charge in [0, 0.05) is 44.5 Å². The van der Waals surface area contributed by atoms with Crippen LogP contribution in [0, 0.1) is 5.82 Å². The minimum atomic E-state index is -0.318. The Balaban J connectivity index is 1.34. The van der Waals surface area contributed by atoms with Gasteiger partial charge in [0.05, 0.1) is 36.5 Å². The Bertz CT molecular complexity index is 1330. The highest BCUT2D eigenvalue weighted by Crippen LogP contribution is 2.30. The second-order valence-electron chi connectivity index (χ2n) is 7.80. The maximum atomic E-state index is 13.8. The highest BCUT2D eigenvalue weighted by molar-refractivity contribution is 5.91. The predicted octanol–water partition coefficient (Wildman–Crippen LogP) is 4.00. The molecule has 33 heavy (non-hydrogen) atoms. The number of carbonyl (C=O) groups excluding carboxylic acids is 1. The second kappa shape index (κ2) is 8.50. The number of nitrogens with one attached hydrogen (secondary N) is 1. The fraction of sp³-hybridized carbons (Fsp3) is 0.250. The first-order valence-electron chi connectivity index (χ1n) is 10.7. The Morgan fingerprint density at radius 3 is 2.58 bits per heavy atom. The van der Waals surface area contributed by atoms with Gasteiger partial charge in [-0.25, -0.2) is 14.2 Å². The molecule has 1 saturated heterocycles. The van der Waals surface area contributed by atoms with E-state index in [0.29, 0.717) is 48.9 Å². The number of nitrogens with zero attached hydrogens (tertiary/aromatic N) is 4. The van der Waals surface area contributed by atoms with E-state index >= 15 is 0 Å². The lowest BCUT2D eigenvalue weighted by Crippen LogP contribution is -2.50. The predicted molar refractivity (Wildman–Crippen MR) is 125 cm³/mol. The Kier molecular flexibility index (Phi) is 5.37. The summed E-state index contributed by atoms with van der Waals surface area (Å²) in [6.07, 6.45) is 1.95. The average molecular weight is 449 g/mol. The van der Waals surface area contributed by atoms with Gasteiger partial charge >= 0.3 is 6.03 Å². The first-order valence-corrected chi connectivity index (χ1v) is 10.7. The molecule has 2 amide bonds. The van der Waals surface area contributed by atoms with Gasteiger partial charge < -0.3 is 29.0 Å². The molecule has 0 unspecified atom stereocenters. The largest absolute Gasteiger partial charge is 0.497 e. The van der Waals surface area contributed by atoms with E-state index < -0.39 is 0 Å². The SMILES string of the molecule is COc1ccc(OC)c(NC(=O)N2CCN(c3nc4cc(F)ccc4n4cccc34)CC2)c1. The lowest BCUT2D eigenvalue weighted by atomic mass is 10.2. The molecule has 1 fully saturated rings.